The lowest BCUT2D eigenvalue weighted by atomic mass is 9.82. The minimum Gasteiger partial charge on any atom is -0.460 e. The molecule has 2 N–H and O–H groups in total. The first-order chi connectivity index (χ1) is 15.9. The second kappa shape index (κ2) is 7.22. The van der Waals surface area contributed by atoms with Gasteiger partial charge in [0.05, 0.1) is 34.9 Å². The first-order valence-electron chi connectivity index (χ1n) is 11.7. The maximum atomic E-state index is 14.7. The molecule has 0 amide bonds. The van der Waals surface area contributed by atoms with Gasteiger partial charge in [-0.15, -0.1) is 0 Å². The average Bonchev–Trinajstić information content (AvgIpc) is 3.16. The molecule has 0 saturated carbocycles. The smallest absolute Gasteiger partial charge is 0.313 e. The van der Waals surface area contributed by atoms with Crippen LogP contribution >= 0.6 is 0 Å². The quantitative estimate of drug-likeness (QED) is 0.477. The summed E-state index contributed by atoms with van der Waals surface area (Å²) >= 11 is 0. The highest BCUT2D eigenvalue weighted by atomic mass is 19.1. The van der Waals surface area contributed by atoms with Gasteiger partial charge in [0, 0.05) is 23.1 Å². The van der Waals surface area contributed by atoms with Gasteiger partial charge in [-0.1, -0.05) is 19.8 Å². The van der Waals surface area contributed by atoms with Crippen molar-refractivity contribution in [3.05, 3.63) is 61.7 Å². The molecule has 2 aliphatic heterocycles. The van der Waals surface area contributed by atoms with Crippen molar-refractivity contribution in [1.29, 1.82) is 0 Å². The predicted octanol–water partition coefficient (Wildman–Crippen LogP) is 4.15. The van der Waals surface area contributed by atoms with Crippen molar-refractivity contribution in [2.75, 3.05) is 0 Å². The van der Waals surface area contributed by atoms with Gasteiger partial charge in [-0.05, 0) is 54.5 Å². The average molecular weight is 448 g/mol. The van der Waals surface area contributed by atoms with E-state index in [1.54, 1.807) is 11.5 Å². The number of unbranched alkanes of at least 4 members (excludes halogenated alkanes) is 1. The molecule has 33 heavy (non-hydrogen) atoms. The first-order valence-corrected chi connectivity index (χ1v) is 11.7. The van der Waals surface area contributed by atoms with Crippen molar-refractivity contribution in [3.8, 4) is 11.4 Å². The largest absolute Gasteiger partial charge is 0.460 e. The van der Waals surface area contributed by atoms with Crippen molar-refractivity contribution in [2.24, 2.45) is 5.73 Å². The molecule has 2 aromatic heterocycles. The molecular formula is C26H26FN3O3. The fourth-order valence-corrected chi connectivity index (χ4v) is 5.91. The third-order valence-electron chi connectivity index (χ3n) is 7.68. The van der Waals surface area contributed by atoms with E-state index >= 15 is 0 Å². The number of carbonyl (C=O) groups is 1. The molecule has 7 heteroatoms. The van der Waals surface area contributed by atoms with E-state index in [9.17, 15) is 14.0 Å². The number of nitrogens with zero attached hydrogens (tertiary/aromatic N) is 2. The standard InChI is InChI=1S/C26H26FN3O3/c1-3-4-5-14-15-8-21-24-16(10-30(21)25(31)17(15)11-33-26(14)32)22-19(28)7-6-13-12(2)18(27)9-20(29-24)23(13)22/h8-9,14,19H,3-7,10-11,28H2,1-2H3/t14-,19-/m0/s1. The molecule has 0 spiro atoms. The summed E-state index contributed by atoms with van der Waals surface area (Å²) < 4.78 is 21.8. The van der Waals surface area contributed by atoms with E-state index in [0.29, 0.717) is 47.4 Å². The third kappa shape index (κ3) is 2.78. The van der Waals surface area contributed by atoms with Crippen molar-refractivity contribution in [3.63, 3.8) is 0 Å². The highest BCUT2D eigenvalue weighted by Gasteiger charge is 2.37. The summed E-state index contributed by atoms with van der Waals surface area (Å²) in [5.74, 6) is -0.983. The number of esters is 1. The molecule has 1 aliphatic carbocycles. The van der Waals surface area contributed by atoms with Gasteiger partial charge in [-0.25, -0.2) is 9.37 Å². The minimum atomic E-state index is -0.441. The molecule has 3 aliphatic rings. The van der Waals surface area contributed by atoms with Crippen LogP contribution in [-0.2, 0) is 29.1 Å². The van der Waals surface area contributed by atoms with Gasteiger partial charge < -0.3 is 15.0 Å². The minimum absolute atomic E-state index is 0.00256. The molecule has 3 aromatic rings. The Kier molecular flexibility index (Phi) is 4.49. The Morgan fingerprint density at radius 2 is 2.06 bits per heavy atom. The van der Waals surface area contributed by atoms with Gasteiger partial charge in [-0.3, -0.25) is 9.59 Å². The van der Waals surface area contributed by atoms with Crippen LogP contribution in [-0.4, -0.2) is 15.5 Å². The van der Waals surface area contributed by atoms with Crippen LogP contribution in [0.15, 0.2) is 16.9 Å². The number of hydrogen-bond donors (Lipinski definition) is 1. The molecule has 170 valence electrons. The first kappa shape index (κ1) is 20.5. The zero-order chi connectivity index (χ0) is 23.0. The van der Waals surface area contributed by atoms with Crippen LogP contribution in [0.5, 0.6) is 0 Å². The number of aromatic nitrogens is 2. The Bertz CT molecular complexity index is 1430. The Balaban J connectivity index is 1.63. The number of hydrogen-bond acceptors (Lipinski definition) is 5. The second-order valence-corrected chi connectivity index (χ2v) is 9.51. The van der Waals surface area contributed by atoms with Crippen molar-refractivity contribution in [1.82, 2.24) is 9.55 Å². The van der Waals surface area contributed by atoms with E-state index in [2.05, 4.69) is 6.92 Å². The third-order valence-corrected chi connectivity index (χ3v) is 7.68. The van der Waals surface area contributed by atoms with Crippen molar-refractivity contribution < 1.29 is 13.9 Å². The summed E-state index contributed by atoms with van der Waals surface area (Å²) in [6, 6.07) is 3.23. The second-order valence-electron chi connectivity index (χ2n) is 9.51. The Morgan fingerprint density at radius 3 is 2.85 bits per heavy atom. The maximum absolute atomic E-state index is 14.7. The molecule has 2 atom stereocenters. The Labute approximate surface area is 190 Å². The topological polar surface area (TPSA) is 87.2 Å². The molecule has 0 fully saturated rings. The molecule has 0 saturated heterocycles. The number of benzene rings is 1. The van der Waals surface area contributed by atoms with Gasteiger partial charge in [0.15, 0.2) is 0 Å². The molecular weight excluding hydrogens is 421 g/mol. The van der Waals surface area contributed by atoms with Gasteiger partial charge in [0.1, 0.15) is 12.4 Å². The predicted molar refractivity (Wildman–Crippen MR) is 123 cm³/mol. The molecule has 0 bridgehead atoms. The van der Waals surface area contributed by atoms with E-state index in [-0.39, 0.29) is 30.0 Å². The van der Waals surface area contributed by atoms with Crippen LogP contribution in [0, 0.1) is 12.7 Å². The Hall–Kier alpha value is -3.06. The zero-order valence-electron chi connectivity index (χ0n) is 18.8. The maximum Gasteiger partial charge on any atom is 0.313 e. The van der Waals surface area contributed by atoms with Gasteiger partial charge in [0.2, 0.25) is 0 Å². The van der Waals surface area contributed by atoms with Crippen molar-refractivity contribution >= 4 is 16.9 Å². The highest BCUT2D eigenvalue weighted by molar-refractivity contribution is 5.93. The highest BCUT2D eigenvalue weighted by Crippen LogP contribution is 2.44. The summed E-state index contributed by atoms with van der Waals surface area (Å²) in [6.07, 6.45) is 3.92. The summed E-state index contributed by atoms with van der Waals surface area (Å²) in [4.78, 5) is 30.9. The van der Waals surface area contributed by atoms with Crippen LogP contribution in [0.25, 0.3) is 22.3 Å². The molecule has 1 aromatic carbocycles. The van der Waals surface area contributed by atoms with Crippen LogP contribution in [0.3, 0.4) is 0 Å². The number of carbonyl (C=O) groups excluding carboxylic acids is 1. The fraction of sp³-hybridized carbons (Fsp3) is 0.423. The van der Waals surface area contributed by atoms with E-state index in [1.807, 2.05) is 6.07 Å². The lowest BCUT2D eigenvalue weighted by Crippen LogP contribution is -2.32. The molecule has 0 unspecified atom stereocenters. The summed E-state index contributed by atoms with van der Waals surface area (Å²) in [7, 11) is 0. The van der Waals surface area contributed by atoms with Gasteiger partial charge >= 0.3 is 5.97 Å². The fourth-order valence-electron chi connectivity index (χ4n) is 5.91. The normalized spacial score (nSPS) is 20.4. The van der Waals surface area contributed by atoms with E-state index in [4.69, 9.17) is 15.5 Å². The number of pyridine rings is 2. The molecule has 6 rings (SSSR count). The van der Waals surface area contributed by atoms with E-state index in [0.717, 1.165) is 46.9 Å². The van der Waals surface area contributed by atoms with Crippen LogP contribution in [0.4, 0.5) is 4.39 Å². The Morgan fingerprint density at radius 1 is 1.24 bits per heavy atom. The molecule has 0 radical (unpaired) electrons. The lowest BCUT2D eigenvalue weighted by Gasteiger charge is -2.26. The number of ether oxygens (including phenoxy) is 1. The summed E-state index contributed by atoms with van der Waals surface area (Å²) in [6.45, 7) is 4.26. The monoisotopic (exact) mass is 447 g/mol. The van der Waals surface area contributed by atoms with Crippen molar-refractivity contribution in [2.45, 2.75) is 71.1 Å². The van der Waals surface area contributed by atoms with Crippen LogP contribution < -0.4 is 11.3 Å². The number of halogens is 1. The zero-order valence-corrected chi connectivity index (χ0v) is 18.8. The number of aryl methyl sites for hydroxylation is 1. The van der Waals surface area contributed by atoms with Crippen LogP contribution in [0.2, 0.25) is 0 Å². The summed E-state index contributed by atoms with van der Waals surface area (Å²) in [5, 5.41) is 0.941. The SMILES string of the molecule is CCCC[C@@H]1C(=O)OCc2c1cc1n(c2=O)Cc2c-1nc1cc(F)c(C)c3c1c2[C@@H](N)CC3. The molecule has 4 heterocycles. The van der Waals surface area contributed by atoms with Gasteiger partial charge in [0.25, 0.3) is 5.56 Å². The number of rotatable bonds is 3. The molecule has 6 nitrogen and oxygen atoms in total. The van der Waals surface area contributed by atoms with Crippen LogP contribution in [0.1, 0.15) is 77.9 Å². The van der Waals surface area contributed by atoms with E-state index < -0.39 is 5.92 Å². The lowest BCUT2D eigenvalue weighted by molar-refractivity contribution is -0.148. The number of nitrogens with two attached hydrogens (primary N) is 1. The number of cyclic esters (lactones) is 1. The number of fused-ring (bicyclic) bond motifs is 5. The summed E-state index contributed by atoms with van der Waals surface area (Å²) in [5.41, 5.74) is 13.2. The van der Waals surface area contributed by atoms with Gasteiger partial charge in [-0.2, -0.15) is 0 Å². The van der Waals surface area contributed by atoms with E-state index in [1.165, 1.54) is 6.07 Å².